The molecule has 28 heavy (non-hydrogen) atoms. The van der Waals surface area contributed by atoms with Crippen molar-refractivity contribution >= 4 is 17.6 Å². The molecule has 3 heterocycles. The van der Waals surface area contributed by atoms with Crippen molar-refractivity contribution in [2.24, 2.45) is 0 Å². The number of anilines is 1. The minimum Gasteiger partial charge on any atom is -0.471 e. The average molecular weight is 385 g/mol. The molecule has 3 amide bonds. The summed E-state index contributed by atoms with van der Waals surface area (Å²) in [6.45, 7) is 1.98. The molecule has 0 aliphatic carbocycles. The van der Waals surface area contributed by atoms with Crippen LogP contribution in [0.4, 0.5) is 14.9 Å². The molecule has 146 valence electrons. The van der Waals surface area contributed by atoms with Crippen LogP contribution in [0.25, 0.3) is 0 Å². The van der Waals surface area contributed by atoms with Crippen LogP contribution in [0.5, 0.6) is 5.88 Å². The van der Waals surface area contributed by atoms with Gasteiger partial charge in [0.15, 0.2) is 0 Å². The number of hydrogen-bond acceptors (Lipinski definition) is 5. The number of urea groups is 1. The van der Waals surface area contributed by atoms with Crippen molar-refractivity contribution in [2.45, 2.75) is 12.5 Å². The number of halogens is 1. The SMILES string of the molecule is O=C(CN1CCN(c2ccc(F)cc2)C1=O)N1CC[C@H](Oc2cnccn2)C1. The molecular formula is C19H20FN5O3. The second-order valence-corrected chi connectivity index (χ2v) is 6.74. The zero-order chi connectivity index (χ0) is 19.5. The van der Waals surface area contributed by atoms with Crippen molar-refractivity contribution in [3.05, 3.63) is 48.7 Å². The highest BCUT2D eigenvalue weighted by Gasteiger charge is 2.34. The minimum absolute atomic E-state index is 0.0222. The van der Waals surface area contributed by atoms with Gasteiger partial charge in [-0.3, -0.25) is 14.7 Å². The maximum atomic E-state index is 13.1. The molecule has 0 unspecified atom stereocenters. The fourth-order valence-electron chi connectivity index (χ4n) is 3.42. The number of benzene rings is 1. The molecule has 4 rings (SSSR count). The lowest BCUT2D eigenvalue weighted by Crippen LogP contribution is -2.42. The number of hydrogen-bond donors (Lipinski definition) is 0. The van der Waals surface area contributed by atoms with Gasteiger partial charge in [-0.2, -0.15) is 0 Å². The van der Waals surface area contributed by atoms with Crippen LogP contribution < -0.4 is 9.64 Å². The van der Waals surface area contributed by atoms with Gasteiger partial charge < -0.3 is 14.5 Å². The van der Waals surface area contributed by atoms with Gasteiger partial charge in [-0.05, 0) is 24.3 Å². The van der Waals surface area contributed by atoms with Gasteiger partial charge in [0.25, 0.3) is 0 Å². The Morgan fingerprint density at radius 2 is 2.00 bits per heavy atom. The van der Waals surface area contributed by atoms with Gasteiger partial charge >= 0.3 is 6.03 Å². The highest BCUT2D eigenvalue weighted by atomic mass is 19.1. The molecule has 2 aliphatic rings. The number of carbonyl (C=O) groups excluding carboxylic acids is 2. The first kappa shape index (κ1) is 18.1. The largest absolute Gasteiger partial charge is 0.471 e. The summed E-state index contributed by atoms with van der Waals surface area (Å²) in [5.74, 6) is -0.0271. The Kier molecular flexibility index (Phi) is 5.05. The van der Waals surface area contributed by atoms with Crippen LogP contribution in [-0.4, -0.2) is 70.5 Å². The van der Waals surface area contributed by atoms with E-state index in [9.17, 15) is 14.0 Å². The third kappa shape index (κ3) is 3.88. The molecule has 2 aromatic rings. The van der Waals surface area contributed by atoms with E-state index in [4.69, 9.17) is 4.74 Å². The van der Waals surface area contributed by atoms with Crippen molar-refractivity contribution in [3.63, 3.8) is 0 Å². The Hall–Kier alpha value is -3.23. The first-order valence-corrected chi connectivity index (χ1v) is 9.12. The number of amides is 3. The van der Waals surface area contributed by atoms with Gasteiger partial charge in [0.1, 0.15) is 18.5 Å². The van der Waals surface area contributed by atoms with Gasteiger partial charge in [0.05, 0.1) is 12.7 Å². The molecule has 0 N–H and O–H groups in total. The predicted octanol–water partition coefficient (Wildman–Crippen LogP) is 1.54. The van der Waals surface area contributed by atoms with E-state index in [1.165, 1.54) is 23.2 Å². The lowest BCUT2D eigenvalue weighted by molar-refractivity contribution is -0.130. The second kappa shape index (κ2) is 7.79. The smallest absolute Gasteiger partial charge is 0.325 e. The summed E-state index contributed by atoms with van der Waals surface area (Å²) in [5, 5.41) is 0. The Morgan fingerprint density at radius 1 is 1.18 bits per heavy atom. The van der Waals surface area contributed by atoms with Crippen LogP contribution in [0, 0.1) is 5.82 Å². The van der Waals surface area contributed by atoms with E-state index in [-0.39, 0.29) is 30.4 Å². The van der Waals surface area contributed by atoms with Crippen LogP contribution in [-0.2, 0) is 4.79 Å². The fourth-order valence-corrected chi connectivity index (χ4v) is 3.42. The van der Waals surface area contributed by atoms with Crippen molar-refractivity contribution in [3.8, 4) is 5.88 Å². The van der Waals surface area contributed by atoms with E-state index >= 15 is 0 Å². The number of rotatable bonds is 5. The zero-order valence-electron chi connectivity index (χ0n) is 15.2. The Balaban J connectivity index is 1.30. The lowest BCUT2D eigenvalue weighted by atomic mass is 10.3. The molecule has 0 saturated carbocycles. The van der Waals surface area contributed by atoms with Crippen molar-refractivity contribution in [1.29, 1.82) is 0 Å². The number of nitrogens with zero attached hydrogens (tertiary/aromatic N) is 5. The molecule has 8 nitrogen and oxygen atoms in total. The molecule has 0 radical (unpaired) electrons. The summed E-state index contributed by atoms with van der Waals surface area (Å²) in [7, 11) is 0. The van der Waals surface area contributed by atoms with Gasteiger partial charge in [-0.1, -0.05) is 0 Å². The Morgan fingerprint density at radius 3 is 2.75 bits per heavy atom. The van der Waals surface area contributed by atoms with Crippen molar-refractivity contribution in [1.82, 2.24) is 19.8 Å². The summed E-state index contributed by atoms with van der Waals surface area (Å²) in [6, 6.07) is 5.52. The summed E-state index contributed by atoms with van der Waals surface area (Å²) >= 11 is 0. The molecular weight excluding hydrogens is 365 g/mol. The van der Waals surface area contributed by atoms with Crippen LogP contribution in [0.2, 0.25) is 0 Å². The van der Waals surface area contributed by atoms with E-state index in [0.717, 1.165) is 0 Å². The second-order valence-electron chi connectivity index (χ2n) is 6.74. The summed E-state index contributed by atoms with van der Waals surface area (Å²) in [6.07, 6.45) is 5.24. The first-order valence-electron chi connectivity index (χ1n) is 9.12. The quantitative estimate of drug-likeness (QED) is 0.780. The van der Waals surface area contributed by atoms with Crippen LogP contribution in [0.1, 0.15) is 6.42 Å². The lowest BCUT2D eigenvalue weighted by Gasteiger charge is -2.22. The van der Waals surface area contributed by atoms with Gasteiger partial charge in [-0.25, -0.2) is 14.2 Å². The number of ether oxygens (including phenoxy) is 1. The minimum atomic E-state index is -0.352. The molecule has 1 aromatic carbocycles. The number of aromatic nitrogens is 2. The molecule has 9 heteroatoms. The fraction of sp³-hybridized carbons (Fsp3) is 0.368. The van der Waals surface area contributed by atoms with E-state index < -0.39 is 0 Å². The van der Waals surface area contributed by atoms with E-state index in [1.807, 2.05) is 0 Å². The van der Waals surface area contributed by atoms with Gasteiger partial charge in [-0.15, -0.1) is 0 Å². The summed E-state index contributed by atoms with van der Waals surface area (Å²) < 4.78 is 18.8. The zero-order valence-corrected chi connectivity index (χ0v) is 15.2. The maximum absolute atomic E-state index is 13.1. The van der Waals surface area contributed by atoms with Crippen molar-refractivity contribution < 1.29 is 18.7 Å². The Labute approximate surface area is 161 Å². The molecule has 1 atom stereocenters. The standard InChI is InChI=1S/C19H20FN5O3/c20-14-1-3-15(4-2-14)25-10-9-24(19(25)27)13-18(26)23-8-5-16(12-23)28-17-11-21-6-7-22-17/h1-4,6-7,11,16H,5,8-10,12-13H2/t16-/m0/s1. The molecule has 2 saturated heterocycles. The van der Waals surface area contributed by atoms with Gasteiger partial charge in [0, 0.05) is 44.1 Å². The monoisotopic (exact) mass is 385 g/mol. The first-order chi connectivity index (χ1) is 13.6. The maximum Gasteiger partial charge on any atom is 0.325 e. The van der Waals surface area contributed by atoms with Crippen LogP contribution in [0.15, 0.2) is 42.9 Å². The normalized spacial score (nSPS) is 19.4. The molecule has 2 fully saturated rings. The molecule has 0 spiro atoms. The Bertz CT molecular complexity index is 848. The van der Waals surface area contributed by atoms with Gasteiger partial charge in [0.2, 0.25) is 11.8 Å². The summed E-state index contributed by atoms with van der Waals surface area (Å²) in [4.78, 5) is 38.0. The predicted molar refractivity (Wildman–Crippen MR) is 98.4 cm³/mol. The molecule has 2 aliphatic heterocycles. The van der Waals surface area contributed by atoms with Crippen molar-refractivity contribution in [2.75, 3.05) is 37.6 Å². The number of likely N-dealkylation sites (tertiary alicyclic amines) is 1. The van der Waals surface area contributed by atoms with E-state index in [2.05, 4.69) is 9.97 Å². The third-order valence-electron chi connectivity index (χ3n) is 4.88. The number of carbonyl (C=O) groups is 2. The van der Waals surface area contributed by atoms with Crippen LogP contribution >= 0.6 is 0 Å². The average Bonchev–Trinajstić information content (AvgIpc) is 3.31. The molecule has 1 aromatic heterocycles. The van der Waals surface area contributed by atoms with E-state index in [1.54, 1.807) is 34.3 Å². The van der Waals surface area contributed by atoms with Crippen LogP contribution in [0.3, 0.4) is 0 Å². The highest BCUT2D eigenvalue weighted by molar-refractivity contribution is 5.96. The highest BCUT2D eigenvalue weighted by Crippen LogP contribution is 2.21. The molecule has 0 bridgehead atoms. The topological polar surface area (TPSA) is 78.9 Å². The third-order valence-corrected chi connectivity index (χ3v) is 4.88. The summed E-state index contributed by atoms with van der Waals surface area (Å²) in [5.41, 5.74) is 0.625. The van der Waals surface area contributed by atoms with E-state index in [0.29, 0.717) is 44.2 Å².